The molecule has 0 amide bonds. The van der Waals surface area contributed by atoms with Gasteiger partial charge in [0, 0.05) is 80.8 Å². The molecular weight excluding hydrogens is 1220 g/mol. The summed E-state index contributed by atoms with van der Waals surface area (Å²) in [5, 5.41) is 21.4. The Morgan fingerprint density at radius 1 is 0.188 bits per heavy atom. The maximum absolute atomic E-state index is 2.80. The first-order valence-corrected chi connectivity index (χ1v) is 37.2. The summed E-state index contributed by atoms with van der Waals surface area (Å²) in [5.74, 6) is 0. The van der Waals surface area contributed by atoms with Crippen LogP contribution >= 0.6 is 0 Å². The molecule has 0 bridgehead atoms. The summed E-state index contributed by atoms with van der Waals surface area (Å²) < 4.78 is 2.01. The molecule has 0 spiro atoms. The molecule has 4 aliphatic heterocycles. The molecule has 0 aromatic heterocycles. The first kappa shape index (κ1) is 60.4. The predicted molar refractivity (Wildman–Crippen MR) is 424 cm³/mol. The van der Waals surface area contributed by atoms with E-state index in [-0.39, 0.29) is 0 Å². The second-order valence-corrected chi connectivity index (χ2v) is 30.3. The molecular formula is C97H82N4+2. The van der Waals surface area contributed by atoms with E-state index >= 15 is 0 Å². The summed E-state index contributed by atoms with van der Waals surface area (Å²) in [6.07, 6.45) is 3.28. The monoisotopic (exact) mass is 1300 g/mol. The number of fused-ring (bicyclic) bond motifs is 28. The maximum atomic E-state index is 2.80. The van der Waals surface area contributed by atoms with Gasteiger partial charge in [0.15, 0.2) is 0 Å². The number of rotatable bonds is 12. The first-order valence-electron chi connectivity index (χ1n) is 37.2. The predicted octanol–water partition coefficient (Wildman–Crippen LogP) is 23.1. The van der Waals surface area contributed by atoms with Gasteiger partial charge in [-0.1, -0.05) is 291 Å². The van der Waals surface area contributed by atoms with E-state index in [1.165, 1.54) is 175 Å². The molecule has 0 saturated carbocycles. The van der Waals surface area contributed by atoms with Crippen LogP contribution in [0.3, 0.4) is 0 Å². The van der Waals surface area contributed by atoms with Crippen molar-refractivity contribution < 1.29 is 8.97 Å². The molecule has 0 fully saturated rings. The van der Waals surface area contributed by atoms with E-state index in [4.69, 9.17) is 0 Å². The molecule has 4 heteroatoms. The number of hydrogen-bond acceptors (Lipinski definition) is 2. The van der Waals surface area contributed by atoms with Gasteiger partial charge in [-0.15, -0.1) is 0 Å². The van der Waals surface area contributed by atoms with E-state index in [1.54, 1.807) is 0 Å². The first-order chi connectivity index (χ1) is 49.9. The van der Waals surface area contributed by atoms with Crippen molar-refractivity contribution in [3.8, 4) is 44.5 Å². The van der Waals surface area contributed by atoms with Gasteiger partial charge in [0.25, 0.3) is 0 Å². The fourth-order valence-corrected chi connectivity index (χ4v) is 19.8. The van der Waals surface area contributed by atoms with Crippen molar-refractivity contribution in [3.05, 3.63) is 336 Å². The van der Waals surface area contributed by atoms with Crippen LogP contribution in [0, 0.1) is 0 Å². The Labute approximate surface area is 592 Å². The van der Waals surface area contributed by atoms with Crippen molar-refractivity contribution >= 4 is 86.2 Å². The van der Waals surface area contributed by atoms with Crippen LogP contribution in [0.25, 0.3) is 131 Å². The molecule has 0 saturated heterocycles. The molecule has 0 unspecified atom stereocenters. The molecule has 20 rings (SSSR count). The van der Waals surface area contributed by atoms with Crippen molar-refractivity contribution in [2.24, 2.45) is 0 Å². The van der Waals surface area contributed by atoms with Gasteiger partial charge in [-0.3, -0.25) is 9.80 Å². The Bertz CT molecular complexity index is 5300. The van der Waals surface area contributed by atoms with Gasteiger partial charge in [0.2, 0.25) is 0 Å². The Morgan fingerprint density at radius 3 is 0.584 bits per heavy atom. The molecule has 0 radical (unpaired) electrons. The van der Waals surface area contributed by atoms with E-state index in [9.17, 15) is 0 Å². The van der Waals surface area contributed by atoms with Crippen molar-refractivity contribution in [3.63, 3.8) is 0 Å². The summed E-state index contributed by atoms with van der Waals surface area (Å²) in [6, 6.07) is 112. The lowest BCUT2D eigenvalue weighted by atomic mass is 9.88. The molecule has 16 aromatic rings. The smallest absolute Gasteiger partial charge is 0.105 e. The minimum atomic E-state index is 0.921. The fraction of sp³-hybridized carbons (Fsp3) is 0.175. The molecule has 4 heterocycles. The van der Waals surface area contributed by atoms with Crippen molar-refractivity contribution in [2.45, 2.75) is 71.6 Å². The molecule has 0 aliphatic carbocycles. The van der Waals surface area contributed by atoms with Gasteiger partial charge in [-0.05, 0) is 153 Å². The molecule has 0 N–H and O–H groups in total. The third-order valence-electron chi connectivity index (χ3n) is 24.2. The van der Waals surface area contributed by atoms with Gasteiger partial charge in [-0.25, -0.2) is 0 Å². The summed E-state index contributed by atoms with van der Waals surface area (Å²) in [6.45, 7) is 14.0. The topological polar surface area (TPSA) is 6.48 Å². The van der Waals surface area contributed by atoms with E-state index < -0.39 is 0 Å². The van der Waals surface area contributed by atoms with E-state index in [0.717, 1.165) is 120 Å². The highest BCUT2D eigenvalue weighted by Gasteiger charge is 2.40. The van der Waals surface area contributed by atoms with Crippen molar-refractivity contribution in [2.75, 3.05) is 39.3 Å². The molecule has 488 valence electrons. The minimum Gasteiger partial charge on any atom is -0.316 e. The standard InChI is InChI=1S/C97H82N4/c1-9-28-82-66(20-1)36-44-74-58-98(59-75-45-37-67-21-2-10-29-83(67)91(75)90(74)82)52-17-54-100(62-78-48-40-70-24-5-13-32-86(70)94(78)95-79(63-100)49-41-71-25-6-14-33-87(71)95)56-19-57-101(64-80-50-42-72-26-7-15-34-88(72)96(80)97-81(65-101)51-43-73-27-8-16-35-89(73)97)55-18-53-99-60-76-46-38-68-22-3-11-30-84(68)92(76)93-77(61-99)47-39-69-23-4-12-31-85(69)93/h1-16,20-51H,17-19,52-65H2/q+2. The van der Waals surface area contributed by atoms with E-state index in [1.807, 2.05) is 0 Å². The lowest BCUT2D eigenvalue weighted by Gasteiger charge is -2.42. The molecule has 16 aromatic carbocycles. The Hall–Kier alpha value is -10.6. The van der Waals surface area contributed by atoms with Gasteiger partial charge < -0.3 is 8.97 Å². The normalized spacial score (nSPS) is 15.4. The van der Waals surface area contributed by atoms with Crippen LogP contribution in [0.1, 0.15) is 63.8 Å². The third kappa shape index (κ3) is 10.5. The highest BCUT2D eigenvalue weighted by molar-refractivity contribution is 6.12. The average Bonchev–Trinajstić information content (AvgIpc) is 1.36. The summed E-state index contributed by atoms with van der Waals surface area (Å²) >= 11 is 0. The third-order valence-corrected chi connectivity index (χ3v) is 24.2. The van der Waals surface area contributed by atoms with Crippen LogP contribution in [0.2, 0.25) is 0 Å². The van der Waals surface area contributed by atoms with Crippen LogP contribution in [-0.2, 0) is 52.4 Å². The Balaban J connectivity index is 0.695. The SMILES string of the molecule is c1ccc2c3c(ccc2c1)CN(CCC[N+]1(CCC[N+]2(CCCN4Cc5ccc6ccccc6c5-c5c(ccc6ccccc56)C4)Cc4ccc5ccccc5c4-c4c(ccc5ccccc45)C2)Cc2ccc4ccccc4c2-c2c(ccc4ccccc24)C1)Cc1ccc2ccccc2c1-3. The molecule has 4 nitrogen and oxygen atoms in total. The second kappa shape index (κ2) is 24.7. The van der Waals surface area contributed by atoms with Gasteiger partial charge >= 0.3 is 0 Å². The molecule has 4 aliphatic rings. The Kier molecular flexibility index (Phi) is 14.7. The number of quaternary nitrogens is 2. The van der Waals surface area contributed by atoms with Crippen LogP contribution in [0.4, 0.5) is 0 Å². The lowest BCUT2D eigenvalue weighted by Crippen LogP contribution is -2.52. The van der Waals surface area contributed by atoms with E-state index in [2.05, 4.69) is 301 Å². The van der Waals surface area contributed by atoms with Crippen LogP contribution < -0.4 is 0 Å². The van der Waals surface area contributed by atoms with Crippen LogP contribution in [-0.4, -0.2) is 58.0 Å². The summed E-state index contributed by atoms with van der Waals surface area (Å²) in [4.78, 5) is 5.61. The fourth-order valence-electron chi connectivity index (χ4n) is 19.8. The average molecular weight is 1300 g/mol. The number of benzene rings is 16. The van der Waals surface area contributed by atoms with E-state index in [0.29, 0.717) is 0 Å². The summed E-state index contributed by atoms with van der Waals surface area (Å²) in [7, 11) is 0. The number of nitrogens with zero attached hydrogens (tertiary/aromatic N) is 4. The largest absolute Gasteiger partial charge is 0.316 e. The second-order valence-electron chi connectivity index (χ2n) is 30.3. The van der Waals surface area contributed by atoms with Gasteiger partial charge in [0.1, 0.15) is 26.2 Å². The zero-order chi connectivity index (χ0) is 66.6. The van der Waals surface area contributed by atoms with Gasteiger partial charge in [-0.2, -0.15) is 0 Å². The zero-order valence-electron chi connectivity index (χ0n) is 57.5. The minimum absolute atomic E-state index is 0.921. The van der Waals surface area contributed by atoms with Gasteiger partial charge in [0.05, 0.1) is 26.2 Å². The quantitative estimate of drug-likeness (QED) is 0.113. The molecule has 101 heavy (non-hydrogen) atoms. The van der Waals surface area contributed by atoms with Crippen LogP contribution in [0.15, 0.2) is 291 Å². The highest BCUT2D eigenvalue weighted by atomic mass is 15.4. The van der Waals surface area contributed by atoms with Crippen molar-refractivity contribution in [1.29, 1.82) is 0 Å². The highest BCUT2D eigenvalue weighted by Crippen LogP contribution is 2.49. The van der Waals surface area contributed by atoms with Crippen molar-refractivity contribution in [1.82, 2.24) is 9.80 Å². The zero-order valence-corrected chi connectivity index (χ0v) is 57.5. The van der Waals surface area contributed by atoms with Crippen LogP contribution in [0.5, 0.6) is 0 Å². The molecule has 0 atom stereocenters. The number of hydrogen-bond donors (Lipinski definition) is 0. The lowest BCUT2D eigenvalue weighted by molar-refractivity contribution is -0.970. The maximum Gasteiger partial charge on any atom is 0.105 e. The Morgan fingerprint density at radius 2 is 0.366 bits per heavy atom. The summed E-state index contributed by atoms with van der Waals surface area (Å²) in [5.41, 5.74) is 23.1.